The molecular formula is C13H23NO5S. The summed E-state index contributed by atoms with van der Waals surface area (Å²) in [6.07, 6.45) is 3.15. The minimum absolute atomic E-state index is 0.243. The molecule has 1 aliphatic heterocycles. The van der Waals surface area contributed by atoms with E-state index >= 15 is 0 Å². The number of amides is 1. The summed E-state index contributed by atoms with van der Waals surface area (Å²) in [6.45, 7) is 5.09. The van der Waals surface area contributed by atoms with Crippen molar-refractivity contribution in [1.29, 1.82) is 0 Å². The normalized spacial score (nSPS) is 20.6. The standard InChI is InChI=1S/C13H23NO5S/c1-5-19-11(15)10-8-6-7-9-14(10)12(16)13(2,3)20(4,17)18/h10H,5-9H2,1-4H3. The van der Waals surface area contributed by atoms with E-state index in [4.69, 9.17) is 4.74 Å². The van der Waals surface area contributed by atoms with Crippen molar-refractivity contribution in [1.82, 2.24) is 4.90 Å². The topological polar surface area (TPSA) is 80.8 Å². The zero-order chi connectivity index (χ0) is 15.6. The van der Waals surface area contributed by atoms with Gasteiger partial charge >= 0.3 is 5.97 Å². The summed E-state index contributed by atoms with van der Waals surface area (Å²) in [6, 6.07) is -0.669. The van der Waals surface area contributed by atoms with Crippen LogP contribution in [-0.2, 0) is 24.2 Å². The van der Waals surface area contributed by atoms with Crippen molar-refractivity contribution in [3.05, 3.63) is 0 Å². The van der Waals surface area contributed by atoms with Crippen LogP contribution in [0.1, 0.15) is 40.0 Å². The average molecular weight is 305 g/mol. The first-order chi connectivity index (χ1) is 9.13. The fraction of sp³-hybridized carbons (Fsp3) is 0.846. The van der Waals surface area contributed by atoms with Gasteiger partial charge in [-0.15, -0.1) is 0 Å². The summed E-state index contributed by atoms with van der Waals surface area (Å²) < 4.78 is 27.0. The van der Waals surface area contributed by atoms with Crippen LogP contribution in [0.3, 0.4) is 0 Å². The van der Waals surface area contributed by atoms with Gasteiger partial charge in [0, 0.05) is 12.8 Å². The second-order valence-electron chi connectivity index (χ2n) is 5.54. The van der Waals surface area contributed by atoms with Gasteiger partial charge in [-0.05, 0) is 40.0 Å². The van der Waals surface area contributed by atoms with Gasteiger partial charge in [-0.25, -0.2) is 13.2 Å². The number of sulfone groups is 1. The molecule has 0 spiro atoms. The van der Waals surface area contributed by atoms with Crippen LogP contribution in [-0.4, -0.2) is 55.4 Å². The predicted octanol–water partition coefficient (Wildman–Crippen LogP) is 0.754. The van der Waals surface area contributed by atoms with Crippen molar-refractivity contribution in [2.45, 2.75) is 50.8 Å². The number of nitrogens with zero attached hydrogens (tertiary/aromatic N) is 1. The summed E-state index contributed by atoms with van der Waals surface area (Å²) >= 11 is 0. The molecule has 1 heterocycles. The van der Waals surface area contributed by atoms with Crippen LogP contribution in [0.5, 0.6) is 0 Å². The summed E-state index contributed by atoms with van der Waals surface area (Å²) in [7, 11) is -3.56. The Bertz CT molecular complexity index is 483. The van der Waals surface area contributed by atoms with Crippen LogP contribution >= 0.6 is 0 Å². The molecule has 6 nitrogen and oxygen atoms in total. The van der Waals surface area contributed by atoms with Gasteiger partial charge < -0.3 is 9.64 Å². The molecule has 0 radical (unpaired) electrons. The smallest absolute Gasteiger partial charge is 0.328 e. The fourth-order valence-corrected chi connectivity index (χ4v) is 2.60. The lowest BCUT2D eigenvalue weighted by atomic mass is 10.00. The van der Waals surface area contributed by atoms with E-state index in [2.05, 4.69) is 0 Å². The summed E-state index contributed by atoms with van der Waals surface area (Å²) in [5.74, 6) is -0.984. The van der Waals surface area contributed by atoms with E-state index in [-0.39, 0.29) is 6.61 Å². The van der Waals surface area contributed by atoms with Crippen molar-refractivity contribution in [2.75, 3.05) is 19.4 Å². The van der Waals surface area contributed by atoms with E-state index in [1.165, 1.54) is 18.7 Å². The molecule has 1 fully saturated rings. The summed E-state index contributed by atoms with van der Waals surface area (Å²) in [4.78, 5) is 25.8. The Labute approximate surface area is 120 Å². The Morgan fingerprint density at radius 1 is 1.30 bits per heavy atom. The lowest BCUT2D eigenvalue weighted by Crippen LogP contribution is -2.57. The Hall–Kier alpha value is -1.11. The van der Waals surface area contributed by atoms with E-state index in [1.807, 2.05) is 0 Å². The maximum atomic E-state index is 12.5. The fourth-order valence-electron chi connectivity index (χ4n) is 2.16. The van der Waals surface area contributed by atoms with Gasteiger partial charge in [0.05, 0.1) is 6.61 Å². The van der Waals surface area contributed by atoms with Crippen molar-refractivity contribution < 1.29 is 22.7 Å². The molecule has 1 aliphatic rings. The Kier molecular flexibility index (Phi) is 5.18. The third-order valence-electron chi connectivity index (χ3n) is 3.76. The van der Waals surface area contributed by atoms with E-state index in [1.54, 1.807) is 6.92 Å². The van der Waals surface area contributed by atoms with E-state index in [0.717, 1.165) is 19.1 Å². The highest BCUT2D eigenvalue weighted by molar-refractivity contribution is 7.92. The molecule has 1 atom stereocenters. The number of ether oxygens (including phenoxy) is 1. The summed E-state index contributed by atoms with van der Waals surface area (Å²) in [5, 5.41) is 0. The largest absolute Gasteiger partial charge is 0.464 e. The highest BCUT2D eigenvalue weighted by Crippen LogP contribution is 2.25. The van der Waals surface area contributed by atoms with Crippen molar-refractivity contribution in [2.24, 2.45) is 0 Å². The second-order valence-corrected chi connectivity index (χ2v) is 8.11. The van der Waals surface area contributed by atoms with Gasteiger partial charge in [0.1, 0.15) is 10.8 Å². The molecule has 20 heavy (non-hydrogen) atoms. The quantitative estimate of drug-likeness (QED) is 0.716. The zero-order valence-corrected chi connectivity index (χ0v) is 13.3. The maximum absolute atomic E-state index is 12.5. The van der Waals surface area contributed by atoms with Crippen LogP contribution in [0.4, 0.5) is 0 Å². The molecule has 0 aromatic heterocycles. The van der Waals surface area contributed by atoms with Gasteiger partial charge in [0.25, 0.3) is 0 Å². The number of piperidine rings is 1. The third kappa shape index (κ3) is 3.31. The molecule has 0 aromatic carbocycles. The monoisotopic (exact) mass is 305 g/mol. The van der Waals surface area contributed by atoms with Crippen LogP contribution in [0.25, 0.3) is 0 Å². The molecule has 0 bridgehead atoms. The number of carbonyl (C=O) groups is 2. The van der Waals surface area contributed by atoms with Gasteiger partial charge in [-0.3, -0.25) is 4.79 Å². The van der Waals surface area contributed by atoms with E-state index < -0.39 is 32.5 Å². The molecular weight excluding hydrogens is 282 g/mol. The first-order valence-corrected chi connectivity index (χ1v) is 8.69. The lowest BCUT2D eigenvalue weighted by molar-refractivity contribution is -0.157. The average Bonchev–Trinajstić information content (AvgIpc) is 2.36. The first kappa shape index (κ1) is 16.9. The predicted molar refractivity (Wildman–Crippen MR) is 74.9 cm³/mol. The lowest BCUT2D eigenvalue weighted by Gasteiger charge is -2.38. The molecule has 1 saturated heterocycles. The van der Waals surface area contributed by atoms with Gasteiger partial charge in [-0.1, -0.05) is 0 Å². The minimum Gasteiger partial charge on any atom is -0.464 e. The first-order valence-electron chi connectivity index (χ1n) is 6.80. The van der Waals surface area contributed by atoms with Crippen LogP contribution in [0.2, 0.25) is 0 Å². The van der Waals surface area contributed by atoms with Crippen LogP contribution < -0.4 is 0 Å². The van der Waals surface area contributed by atoms with Gasteiger partial charge in [0.2, 0.25) is 5.91 Å². The molecule has 116 valence electrons. The minimum atomic E-state index is -3.56. The van der Waals surface area contributed by atoms with E-state index in [9.17, 15) is 18.0 Å². The highest BCUT2D eigenvalue weighted by Gasteiger charge is 2.45. The van der Waals surface area contributed by atoms with Crippen molar-refractivity contribution >= 4 is 21.7 Å². The van der Waals surface area contributed by atoms with Crippen molar-refractivity contribution in [3.8, 4) is 0 Å². The highest BCUT2D eigenvalue weighted by atomic mass is 32.2. The molecule has 7 heteroatoms. The van der Waals surface area contributed by atoms with E-state index in [0.29, 0.717) is 13.0 Å². The van der Waals surface area contributed by atoms with Crippen LogP contribution in [0, 0.1) is 0 Å². The SMILES string of the molecule is CCOC(=O)C1CCCCN1C(=O)C(C)(C)S(C)(=O)=O. The number of esters is 1. The number of hydrogen-bond donors (Lipinski definition) is 0. The molecule has 0 N–H and O–H groups in total. The van der Waals surface area contributed by atoms with Crippen LogP contribution in [0.15, 0.2) is 0 Å². The Balaban J connectivity index is 3.02. The molecule has 1 rings (SSSR count). The molecule has 0 aliphatic carbocycles. The molecule has 0 saturated carbocycles. The third-order valence-corrected chi connectivity index (χ3v) is 5.79. The van der Waals surface area contributed by atoms with Gasteiger partial charge in [-0.2, -0.15) is 0 Å². The Morgan fingerprint density at radius 3 is 2.40 bits per heavy atom. The Morgan fingerprint density at radius 2 is 1.90 bits per heavy atom. The second kappa shape index (κ2) is 6.11. The molecule has 1 unspecified atom stereocenters. The zero-order valence-electron chi connectivity index (χ0n) is 12.5. The maximum Gasteiger partial charge on any atom is 0.328 e. The number of hydrogen-bond acceptors (Lipinski definition) is 5. The molecule has 1 amide bonds. The number of rotatable bonds is 4. The summed E-state index contributed by atoms with van der Waals surface area (Å²) in [5.41, 5.74) is 0. The number of likely N-dealkylation sites (tertiary alicyclic amines) is 1. The number of carbonyl (C=O) groups excluding carboxylic acids is 2. The van der Waals surface area contributed by atoms with Crippen molar-refractivity contribution in [3.63, 3.8) is 0 Å². The molecule has 0 aromatic rings. The van der Waals surface area contributed by atoms with Gasteiger partial charge in [0.15, 0.2) is 9.84 Å².